The third-order valence-corrected chi connectivity index (χ3v) is 3.32. The summed E-state index contributed by atoms with van der Waals surface area (Å²) in [6.07, 6.45) is 2.60. The smallest absolute Gasteiger partial charge is 0.335 e. The molecule has 4 heteroatoms. The molecule has 0 bridgehead atoms. The van der Waals surface area contributed by atoms with Gasteiger partial charge in [-0.05, 0) is 43.9 Å². The molecule has 1 heterocycles. The molecule has 1 fully saturated rings. The number of aromatic carboxylic acids is 1. The van der Waals surface area contributed by atoms with Gasteiger partial charge in [-0.3, -0.25) is 0 Å². The van der Waals surface area contributed by atoms with Gasteiger partial charge in [-0.2, -0.15) is 0 Å². The first-order valence-electron chi connectivity index (χ1n) is 5.85. The normalized spacial score (nSPS) is 15.4. The van der Waals surface area contributed by atoms with Crippen molar-refractivity contribution >= 4 is 17.0 Å². The predicted molar refractivity (Wildman–Crippen MR) is 64.2 cm³/mol. The largest absolute Gasteiger partial charge is 0.478 e. The molecule has 3 rings (SSSR count). The fourth-order valence-corrected chi connectivity index (χ4v) is 2.17. The zero-order valence-electron chi connectivity index (χ0n) is 9.68. The average Bonchev–Trinajstić information content (AvgIpc) is 3.04. The maximum absolute atomic E-state index is 10.9. The number of carboxylic acid groups (broad SMARTS) is 1. The first-order valence-corrected chi connectivity index (χ1v) is 5.85. The molecular weight excluding hydrogens is 216 g/mol. The Labute approximate surface area is 98.9 Å². The van der Waals surface area contributed by atoms with Gasteiger partial charge < -0.3 is 9.67 Å². The van der Waals surface area contributed by atoms with E-state index in [2.05, 4.69) is 9.55 Å². The van der Waals surface area contributed by atoms with Crippen molar-refractivity contribution in [3.63, 3.8) is 0 Å². The molecule has 1 N–H and O–H groups in total. The molecule has 2 aromatic rings. The zero-order chi connectivity index (χ0) is 12.0. The molecule has 88 valence electrons. The molecular formula is C13H14N2O2. The first kappa shape index (κ1) is 10.3. The minimum Gasteiger partial charge on any atom is -0.478 e. The Hall–Kier alpha value is -1.84. The van der Waals surface area contributed by atoms with E-state index in [9.17, 15) is 4.79 Å². The molecule has 0 aliphatic heterocycles. The van der Waals surface area contributed by atoms with E-state index in [1.165, 1.54) is 12.8 Å². The summed E-state index contributed by atoms with van der Waals surface area (Å²) in [4.78, 5) is 15.3. The Morgan fingerprint density at radius 2 is 2.29 bits per heavy atom. The number of aromatic nitrogens is 2. The SMILES string of the molecule is Cc1nc2cc(C(=O)O)ccc2n1CC1CC1. The number of hydrogen-bond donors (Lipinski definition) is 1. The fourth-order valence-electron chi connectivity index (χ4n) is 2.17. The average molecular weight is 230 g/mol. The lowest BCUT2D eigenvalue weighted by molar-refractivity contribution is 0.0697. The minimum atomic E-state index is -0.902. The number of carbonyl (C=O) groups is 1. The second-order valence-corrected chi connectivity index (χ2v) is 4.72. The standard InChI is InChI=1S/C13H14N2O2/c1-8-14-11-6-10(13(16)17)4-5-12(11)15(8)7-9-2-3-9/h4-6,9H,2-3,7H2,1H3,(H,16,17). The third-order valence-electron chi connectivity index (χ3n) is 3.32. The summed E-state index contributed by atoms with van der Waals surface area (Å²) in [6, 6.07) is 5.16. The van der Waals surface area contributed by atoms with E-state index < -0.39 is 5.97 Å². The lowest BCUT2D eigenvalue weighted by Crippen LogP contribution is -2.02. The van der Waals surface area contributed by atoms with Gasteiger partial charge in [0, 0.05) is 6.54 Å². The van der Waals surface area contributed by atoms with Crippen LogP contribution >= 0.6 is 0 Å². The highest BCUT2D eigenvalue weighted by atomic mass is 16.4. The van der Waals surface area contributed by atoms with Crippen LogP contribution in [0.15, 0.2) is 18.2 Å². The second-order valence-electron chi connectivity index (χ2n) is 4.72. The van der Waals surface area contributed by atoms with Crippen molar-refractivity contribution in [3.05, 3.63) is 29.6 Å². The number of carboxylic acids is 1. The molecule has 0 unspecified atom stereocenters. The summed E-state index contributed by atoms with van der Waals surface area (Å²) in [7, 11) is 0. The van der Waals surface area contributed by atoms with Gasteiger partial charge in [-0.1, -0.05) is 0 Å². The fraction of sp³-hybridized carbons (Fsp3) is 0.385. The molecule has 0 radical (unpaired) electrons. The van der Waals surface area contributed by atoms with Crippen LogP contribution in [0.5, 0.6) is 0 Å². The molecule has 0 amide bonds. The second kappa shape index (κ2) is 3.58. The Balaban J connectivity index is 2.10. The number of imidazole rings is 1. The molecule has 1 aliphatic rings. The van der Waals surface area contributed by atoms with Crippen LogP contribution in [0.1, 0.15) is 29.0 Å². The summed E-state index contributed by atoms with van der Waals surface area (Å²) < 4.78 is 2.19. The molecule has 1 saturated carbocycles. The van der Waals surface area contributed by atoms with Gasteiger partial charge in [0.1, 0.15) is 5.82 Å². The van der Waals surface area contributed by atoms with E-state index in [0.29, 0.717) is 5.56 Å². The maximum Gasteiger partial charge on any atom is 0.335 e. The predicted octanol–water partition coefficient (Wildman–Crippen LogP) is 2.45. The van der Waals surface area contributed by atoms with Crippen molar-refractivity contribution in [2.45, 2.75) is 26.3 Å². The van der Waals surface area contributed by atoms with E-state index >= 15 is 0 Å². The van der Waals surface area contributed by atoms with Gasteiger partial charge in [0.15, 0.2) is 0 Å². The maximum atomic E-state index is 10.9. The van der Waals surface area contributed by atoms with Crippen molar-refractivity contribution < 1.29 is 9.90 Å². The first-order chi connectivity index (χ1) is 8.15. The van der Waals surface area contributed by atoms with Crippen LogP contribution in [0, 0.1) is 12.8 Å². The van der Waals surface area contributed by atoms with Crippen LogP contribution in [-0.4, -0.2) is 20.6 Å². The van der Waals surface area contributed by atoms with E-state index in [-0.39, 0.29) is 0 Å². The van der Waals surface area contributed by atoms with Crippen molar-refractivity contribution in [1.29, 1.82) is 0 Å². The quantitative estimate of drug-likeness (QED) is 0.881. The van der Waals surface area contributed by atoms with Gasteiger partial charge in [0.25, 0.3) is 0 Å². The number of nitrogens with zero attached hydrogens (tertiary/aromatic N) is 2. The number of benzene rings is 1. The molecule has 1 aromatic carbocycles. The lowest BCUT2D eigenvalue weighted by Gasteiger charge is -2.05. The Bertz CT molecular complexity index is 597. The van der Waals surface area contributed by atoms with Crippen molar-refractivity contribution in [1.82, 2.24) is 9.55 Å². The molecule has 17 heavy (non-hydrogen) atoms. The van der Waals surface area contributed by atoms with Crippen LogP contribution in [0.4, 0.5) is 0 Å². The highest BCUT2D eigenvalue weighted by molar-refractivity contribution is 5.92. The van der Waals surface area contributed by atoms with Crippen LogP contribution in [0.25, 0.3) is 11.0 Å². The van der Waals surface area contributed by atoms with Crippen molar-refractivity contribution in [3.8, 4) is 0 Å². The van der Waals surface area contributed by atoms with E-state index in [4.69, 9.17) is 5.11 Å². The number of rotatable bonds is 3. The molecule has 0 atom stereocenters. The molecule has 1 aliphatic carbocycles. The molecule has 0 spiro atoms. The molecule has 0 saturated heterocycles. The monoisotopic (exact) mass is 230 g/mol. The van der Waals surface area contributed by atoms with Gasteiger partial charge in [0.2, 0.25) is 0 Å². The summed E-state index contributed by atoms with van der Waals surface area (Å²) in [5.41, 5.74) is 2.12. The van der Waals surface area contributed by atoms with E-state index in [1.807, 2.05) is 13.0 Å². The van der Waals surface area contributed by atoms with E-state index in [0.717, 1.165) is 29.3 Å². The molecule has 4 nitrogen and oxygen atoms in total. The number of hydrogen-bond acceptors (Lipinski definition) is 2. The summed E-state index contributed by atoms with van der Waals surface area (Å²) in [5, 5.41) is 8.94. The van der Waals surface area contributed by atoms with Crippen LogP contribution in [-0.2, 0) is 6.54 Å². The lowest BCUT2D eigenvalue weighted by atomic mass is 10.2. The molecule has 1 aromatic heterocycles. The Morgan fingerprint density at radius 1 is 1.53 bits per heavy atom. The topological polar surface area (TPSA) is 55.1 Å². The highest BCUT2D eigenvalue weighted by Gasteiger charge is 2.23. The third kappa shape index (κ3) is 1.79. The Morgan fingerprint density at radius 3 is 2.94 bits per heavy atom. The Kier molecular flexibility index (Phi) is 2.18. The van der Waals surface area contributed by atoms with Crippen molar-refractivity contribution in [2.75, 3.05) is 0 Å². The van der Waals surface area contributed by atoms with Gasteiger partial charge in [-0.25, -0.2) is 9.78 Å². The summed E-state index contributed by atoms with van der Waals surface area (Å²) in [5.74, 6) is 0.848. The zero-order valence-corrected chi connectivity index (χ0v) is 9.68. The minimum absolute atomic E-state index is 0.300. The van der Waals surface area contributed by atoms with Crippen molar-refractivity contribution in [2.24, 2.45) is 5.92 Å². The van der Waals surface area contributed by atoms with Crippen LogP contribution in [0.2, 0.25) is 0 Å². The van der Waals surface area contributed by atoms with Gasteiger partial charge in [0.05, 0.1) is 16.6 Å². The number of fused-ring (bicyclic) bond motifs is 1. The number of aryl methyl sites for hydroxylation is 1. The van der Waals surface area contributed by atoms with E-state index in [1.54, 1.807) is 12.1 Å². The highest BCUT2D eigenvalue weighted by Crippen LogP contribution is 2.32. The van der Waals surface area contributed by atoms with Crippen LogP contribution in [0.3, 0.4) is 0 Å². The van der Waals surface area contributed by atoms with Gasteiger partial charge in [-0.15, -0.1) is 0 Å². The van der Waals surface area contributed by atoms with Gasteiger partial charge >= 0.3 is 5.97 Å². The van der Waals surface area contributed by atoms with Crippen LogP contribution < -0.4 is 0 Å². The summed E-state index contributed by atoms with van der Waals surface area (Å²) in [6.45, 7) is 2.98. The summed E-state index contributed by atoms with van der Waals surface area (Å²) >= 11 is 0.